The third-order valence-electron chi connectivity index (χ3n) is 5.76. The van der Waals surface area contributed by atoms with E-state index in [1.54, 1.807) is 19.1 Å². The molecule has 2 fully saturated rings. The van der Waals surface area contributed by atoms with Crippen molar-refractivity contribution in [1.82, 2.24) is 10.3 Å². The third-order valence-corrected chi connectivity index (χ3v) is 5.76. The van der Waals surface area contributed by atoms with Crippen LogP contribution in [0.15, 0.2) is 36.4 Å². The molecule has 0 atom stereocenters. The predicted molar refractivity (Wildman–Crippen MR) is 102 cm³/mol. The van der Waals surface area contributed by atoms with Gasteiger partial charge in [0.2, 0.25) is 11.8 Å². The largest absolute Gasteiger partial charge is 0.415 e. The van der Waals surface area contributed by atoms with Crippen LogP contribution in [0.3, 0.4) is 0 Å². The zero-order valence-electron chi connectivity index (χ0n) is 15.7. The van der Waals surface area contributed by atoms with Gasteiger partial charge in [-0.2, -0.15) is 8.78 Å². The van der Waals surface area contributed by atoms with E-state index in [0.717, 1.165) is 18.4 Å². The number of halogens is 2. The maximum atomic E-state index is 13.3. The first-order chi connectivity index (χ1) is 13.5. The molecule has 1 amide bonds. The number of hydrogen-bond donors (Lipinski definition) is 2. The smallest absolute Gasteiger partial charge is 0.388 e. The molecule has 148 valence electrons. The SMILES string of the molecule is Cc1ccc(NC(=O)C2(c3ccccc3C3CCC3)CNC2)c(OC(F)F)n1. The van der Waals surface area contributed by atoms with Crippen LogP contribution in [0.2, 0.25) is 0 Å². The molecule has 1 saturated carbocycles. The number of anilines is 1. The van der Waals surface area contributed by atoms with Crippen LogP contribution in [0.4, 0.5) is 14.5 Å². The molecule has 0 radical (unpaired) electrons. The lowest BCUT2D eigenvalue weighted by molar-refractivity contribution is -0.123. The topological polar surface area (TPSA) is 63.2 Å². The molecule has 2 aromatic rings. The molecule has 1 saturated heterocycles. The number of carbonyl (C=O) groups excluding carboxylic acids is 1. The summed E-state index contributed by atoms with van der Waals surface area (Å²) in [6, 6.07) is 11.3. The minimum absolute atomic E-state index is 0.156. The number of rotatable bonds is 6. The maximum absolute atomic E-state index is 13.3. The summed E-state index contributed by atoms with van der Waals surface area (Å²) in [5, 5.41) is 5.98. The van der Waals surface area contributed by atoms with E-state index in [0.29, 0.717) is 24.7 Å². The van der Waals surface area contributed by atoms with Gasteiger partial charge in [-0.25, -0.2) is 4.98 Å². The van der Waals surface area contributed by atoms with E-state index in [1.165, 1.54) is 12.0 Å². The molecule has 1 aromatic carbocycles. The highest BCUT2D eigenvalue weighted by Gasteiger charge is 2.48. The summed E-state index contributed by atoms with van der Waals surface area (Å²) < 4.78 is 30.0. The summed E-state index contributed by atoms with van der Waals surface area (Å²) in [6.45, 7) is -0.320. The number of nitrogens with zero attached hydrogens (tertiary/aromatic N) is 1. The number of aryl methyl sites for hydroxylation is 1. The first kappa shape index (κ1) is 18.8. The number of carbonyl (C=O) groups is 1. The first-order valence-electron chi connectivity index (χ1n) is 9.54. The van der Waals surface area contributed by atoms with E-state index >= 15 is 0 Å². The van der Waals surface area contributed by atoms with Crippen molar-refractivity contribution < 1.29 is 18.3 Å². The van der Waals surface area contributed by atoms with Gasteiger partial charge in [-0.1, -0.05) is 30.7 Å². The first-order valence-corrected chi connectivity index (χ1v) is 9.54. The van der Waals surface area contributed by atoms with Crippen molar-refractivity contribution in [1.29, 1.82) is 0 Å². The Morgan fingerprint density at radius 1 is 1.25 bits per heavy atom. The molecule has 2 aliphatic rings. The Kier molecular flexibility index (Phi) is 5.02. The molecule has 1 aliphatic carbocycles. The second-order valence-electron chi connectivity index (χ2n) is 7.54. The van der Waals surface area contributed by atoms with E-state index in [1.807, 2.05) is 18.2 Å². The highest BCUT2D eigenvalue weighted by molar-refractivity contribution is 6.01. The molecular weight excluding hydrogens is 364 g/mol. The number of nitrogens with one attached hydrogen (secondary N) is 2. The van der Waals surface area contributed by atoms with Gasteiger partial charge < -0.3 is 15.4 Å². The summed E-state index contributed by atoms with van der Waals surface area (Å²) in [5.74, 6) is -0.0129. The highest BCUT2D eigenvalue weighted by atomic mass is 19.3. The quantitative estimate of drug-likeness (QED) is 0.793. The van der Waals surface area contributed by atoms with Crippen LogP contribution >= 0.6 is 0 Å². The molecular formula is C21H23F2N3O2. The maximum Gasteiger partial charge on any atom is 0.388 e. The van der Waals surface area contributed by atoms with Crippen LogP contribution in [0.5, 0.6) is 5.88 Å². The van der Waals surface area contributed by atoms with Crippen LogP contribution in [0.25, 0.3) is 0 Å². The summed E-state index contributed by atoms with van der Waals surface area (Å²) in [4.78, 5) is 17.3. The molecule has 28 heavy (non-hydrogen) atoms. The van der Waals surface area contributed by atoms with Crippen molar-refractivity contribution in [3.05, 3.63) is 53.2 Å². The lowest BCUT2D eigenvalue weighted by Gasteiger charge is -2.44. The Morgan fingerprint density at radius 2 is 2.00 bits per heavy atom. The molecule has 2 heterocycles. The normalized spacial score (nSPS) is 18.3. The van der Waals surface area contributed by atoms with Gasteiger partial charge in [0.25, 0.3) is 0 Å². The molecule has 0 spiro atoms. The van der Waals surface area contributed by atoms with Crippen LogP contribution < -0.4 is 15.4 Å². The number of benzene rings is 1. The van der Waals surface area contributed by atoms with Crippen molar-refractivity contribution in [2.75, 3.05) is 18.4 Å². The molecule has 2 N–H and O–H groups in total. The minimum atomic E-state index is -3.01. The van der Waals surface area contributed by atoms with Crippen LogP contribution in [-0.4, -0.2) is 30.6 Å². The fourth-order valence-corrected chi connectivity index (χ4v) is 3.90. The van der Waals surface area contributed by atoms with E-state index in [-0.39, 0.29) is 17.5 Å². The van der Waals surface area contributed by atoms with Gasteiger partial charge in [0, 0.05) is 18.8 Å². The fraction of sp³-hybridized carbons (Fsp3) is 0.429. The molecule has 0 bridgehead atoms. The predicted octanol–water partition coefficient (Wildman–Crippen LogP) is 3.74. The van der Waals surface area contributed by atoms with Gasteiger partial charge in [-0.3, -0.25) is 4.79 Å². The summed E-state index contributed by atoms with van der Waals surface area (Å²) in [7, 11) is 0. The van der Waals surface area contributed by atoms with Crippen LogP contribution in [0, 0.1) is 6.92 Å². The minimum Gasteiger partial charge on any atom is -0.415 e. The Balaban J connectivity index is 1.64. The number of ether oxygens (including phenoxy) is 1. The Hall–Kier alpha value is -2.54. The van der Waals surface area contributed by atoms with E-state index < -0.39 is 12.0 Å². The van der Waals surface area contributed by atoms with Gasteiger partial charge in [-0.15, -0.1) is 0 Å². The number of hydrogen-bond acceptors (Lipinski definition) is 4. The summed E-state index contributed by atoms with van der Waals surface area (Å²) in [5.41, 5.74) is 2.20. The highest BCUT2D eigenvalue weighted by Crippen LogP contribution is 2.43. The summed E-state index contributed by atoms with van der Waals surface area (Å²) in [6.07, 6.45) is 3.48. The van der Waals surface area contributed by atoms with Gasteiger partial charge >= 0.3 is 6.61 Å². The zero-order valence-corrected chi connectivity index (χ0v) is 15.7. The molecule has 7 heteroatoms. The van der Waals surface area contributed by atoms with Crippen molar-refractivity contribution in [3.8, 4) is 5.88 Å². The van der Waals surface area contributed by atoms with E-state index in [2.05, 4.69) is 26.4 Å². The molecule has 4 rings (SSSR count). The number of pyridine rings is 1. The van der Waals surface area contributed by atoms with Gasteiger partial charge in [0.1, 0.15) is 5.69 Å². The van der Waals surface area contributed by atoms with Crippen molar-refractivity contribution in [2.24, 2.45) is 0 Å². The van der Waals surface area contributed by atoms with E-state index in [9.17, 15) is 13.6 Å². The third kappa shape index (κ3) is 3.35. The van der Waals surface area contributed by atoms with Crippen molar-refractivity contribution >= 4 is 11.6 Å². The fourth-order valence-electron chi connectivity index (χ4n) is 3.90. The Labute approximate surface area is 162 Å². The van der Waals surface area contributed by atoms with Gasteiger partial charge in [0.05, 0.1) is 5.41 Å². The molecule has 0 unspecified atom stereocenters. The van der Waals surface area contributed by atoms with Crippen molar-refractivity contribution in [2.45, 2.75) is 44.1 Å². The Bertz CT molecular complexity index is 880. The lowest BCUT2D eigenvalue weighted by Crippen LogP contribution is -2.63. The monoisotopic (exact) mass is 387 g/mol. The Morgan fingerprint density at radius 3 is 2.61 bits per heavy atom. The van der Waals surface area contributed by atoms with E-state index in [4.69, 9.17) is 0 Å². The van der Waals surface area contributed by atoms with Gasteiger partial charge in [0.15, 0.2) is 0 Å². The van der Waals surface area contributed by atoms with Crippen LogP contribution in [-0.2, 0) is 10.2 Å². The number of alkyl halides is 2. The standard InChI is InChI=1S/C21H23F2N3O2/c1-13-9-10-17(18(25-13)28-20(22)23)26-19(27)21(11-24-12-21)16-8-3-2-7-15(16)14-5-4-6-14/h2-3,7-10,14,20,24H,4-6,11-12H2,1H3,(H,26,27). The average molecular weight is 387 g/mol. The van der Waals surface area contributed by atoms with Crippen LogP contribution in [0.1, 0.15) is 42.0 Å². The molecule has 1 aliphatic heterocycles. The van der Waals surface area contributed by atoms with Gasteiger partial charge in [-0.05, 0) is 48.9 Å². The second-order valence-corrected chi connectivity index (χ2v) is 7.54. The molecule has 1 aromatic heterocycles. The second kappa shape index (κ2) is 7.47. The number of amides is 1. The average Bonchev–Trinajstić information content (AvgIpc) is 2.56. The van der Waals surface area contributed by atoms with Crippen molar-refractivity contribution in [3.63, 3.8) is 0 Å². The summed E-state index contributed by atoms with van der Waals surface area (Å²) >= 11 is 0. The number of aromatic nitrogens is 1. The lowest BCUT2D eigenvalue weighted by atomic mass is 9.68. The zero-order chi connectivity index (χ0) is 19.7. The molecule has 5 nitrogen and oxygen atoms in total.